The lowest BCUT2D eigenvalue weighted by molar-refractivity contribution is 0.149. The van der Waals surface area contributed by atoms with E-state index in [2.05, 4.69) is 32.3 Å². The van der Waals surface area contributed by atoms with Crippen LogP contribution in [0.2, 0.25) is 0 Å². The molecule has 0 unspecified atom stereocenters. The number of likely N-dealkylation sites (tertiary alicyclic amines) is 1. The van der Waals surface area contributed by atoms with E-state index in [1.54, 1.807) is 16.8 Å². The average Bonchev–Trinajstić information content (AvgIpc) is 3.30. The Balaban J connectivity index is 1.59. The van der Waals surface area contributed by atoms with E-state index in [0.717, 1.165) is 48.1 Å². The van der Waals surface area contributed by atoms with Gasteiger partial charge in [-0.05, 0) is 91.2 Å². The molecule has 5 rings (SSSR count). The zero-order chi connectivity index (χ0) is 24.4. The summed E-state index contributed by atoms with van der Waals surface area (Å²) < 4.78 is 20.8. The number of aromatic amines is 1. The number of H-pyrrole nitrogens is 1. The first kappa shape index (κ1) is 23.2. The Kier molecular flexibility index (Phi) is 6.59. The Hall–Kier alpha value is -3.59. The topological polar surface area (TPSA) is 88.9 Å². The third kappa shape index (κ3) is 4.95. The van der Waals surface area contributed by atoms with Crippen LogP contribution in [-0.2, 0) is 6.54 Å². The monoisotopic (exact) mass is 476 g/mol. The molecular formula is C26H29FN6O2. The van der Waals surface area contributed by atoms with E-state index in [1.807, 2.05) is 31.2 Å². The summed E-state index contributed by atoms with van der Waals surface area (Å²) in [6, 6.07) is 13.5. The van der Waals surface area contributed by atoms with Crippen molar-refractivity contribution in [1.29, 1.82) is 0 Å². The molecule has 0 bridgehead atoms. The van der Waals surface area contributed by atoms with Crippen molar-refractivity contribution in [3.8, 4) is 5.75 Å². The quantitative estimate of drug-likeness (QED) is 0.435. The number of fused-ring (bicyclic) bond motifs is 1. The third-order valence-electron chi connectivity index (χ3n) is 6.68. The van der Waals surface area contributed by atoms with Gasteiger partial charge < -0.3 is 9.72 Å². The number of tetrazole rings is 1. The van der Waals surface area contributed by atoms with Crippen molar-refractivity contribution in [2.75, 3.05) is 19.7 Å². The van der Waals surface area contributed by atoms with Gasteiger partial charge in [0.2, 0.25) is 0 Å². The molecule has 1 aliphatic rings. The second-order valence-corrected chi connectivity index (χ2v) is 9.18. The van der Waals surface area contributed by atoms with Crippen LogP contribution < -0.4 is 10.3 Å². The summed E-state index contributed by atoms with van der Waals surface area (Å²) in [4.78, 5) is 18.7. The number of benzene rings is 2. The Bertz CT molecular complexity index is 1360. The van der Waals surface area contributed by atoms with Crippen LogP contribution in [0.15, 0.2) is 53.3 Å². The second-order valence-electron chi connectivity index (χ2n) is 9.18. The van der Waals surface area contributed by atoms with Crippen LogP contribution in [0.4, 0.5) is 4.39 Å². The van der Waals surface area contributed by atoms with Gasteiger partial charge in [0.1, 0.15) is 17.6 Å². The molecule has 1 atom stereocenters. The number of piperidine rings is 1. The predicted octanol–water partition coefficient (Wildman–Crippen LogP) is 3.92. The van der Waals surface area contributed by atoms with Gasteiger partial charge in [-0.1, -0.05) is 19.1 Å². The van der Waals surface area contributed by atoms with Crippen LogP contribution in [0.1, 0.15) is 49.7 Å². The summed E-state index contributed by atoms with van der Waals surface area (Å²) in [5.74, 6) is 1.68. The fourth-order valence-corrected chi connectivity index (χ4v) is 4.73. The van der Waals surface area contributed by atoms with Gasteiger partial charge in [0.25, 0.3) is 5.56 Å². The van der Waals surface area contributed by atoms with Gasteiger partial charge in [-0.3, -0.25) is 9.69 Å². The SMILES string of the molecule is CCOc1ccc2[nH]c(=O)c([C@@H](c3nnnn3Cc3ccc(F)cc3)N3CCC(C)CC3)cc2c1. The highest BCUT2D eigenvalue weighted by Gasteiger charge is 2.32. The van der Waals surface area contributed by atoms with Crippen molar-refractivity contribution in [2.24, 2.45) is 5.92 Å². The molecule has 0 saturated carbocycles. The molecule has 1 saturated heterocycles. The Morgan fingerprint density at radius 2 is 1.91 bits per heavy atom. The molecule has 8 nitrogen and oxygen atoms in total. The maximum Gasteiger partial charge on any atom is 0.253 e. The second kappa shape index (κ2) is 9.95. The largest absolute Gasteiger partial charge is 0.494 e. The normalized spacial score (nSPS) is 16.0. The van der Waals surface area contributed by atoms with Crippen molar-refractivity contribution in [3.63, 3.8) is 0 Å². The van der Waals surface area contributed by atoms with Crippen LogP contribution in [0.3, 0.4) is 0 Å². The lowest BCUT2D eigenvalue weighted by Gasteiger charge is -2.35. The van der Waals surface area contributed by atoms with Crippen molar-refractivity contribution in [1.82, 2.24) is 30.1 Å². The number of rotatable bonds is 7. The van der Waals surface area contributed by atoms with Gasteiger partial charge in [-0.25, -0.2) is 9.07 Å². The molecule has 0 aliphatic carbocycles. The van der Waals surface area contributed by atoms with Gasteiger partial charge in [0, 0.05) is 16.5 Å². The van der Waals surface area contributed by atoms with E-state index in [4.69, 9.17) is 4.74 Å². The predicted molar refractivity (Wildman–Crippen MR) is 131 cm³/mol. The maximum absolute atomic E-state index is 13.4. The zero-order valence-electron chi connectivity index (χ0n) is 19.9. The molecule has 4 aromatic rings. The van der Waals surface area contributed by atoms with E-state index >= 15 is 0 Å². The minimum Gasteiger partial charge on any atom is -0.494 e. The fraction of sp³-hybridized carbons (Fsp3) is 0.385. The van der Waals surface area contributed by atoms with E-state index in [0.29, 0.717) is 30.5 Å². The molecule has 35 heavy (non-hydrogen) atoms. The standard InChI is InChI=1S/C26H29FN6O2/c1-3-35-21-8-9-23-19(14-21)15-22(26(34)28-23)24(32-12-10-17(2)11-13-32)25-29-30-31-33(25)16-18-4-6-20(27)7-5-18/h4-9,14-15,17,24H,3,10-13,16H2,1-2H3,(H,28,34)/t24-/m0/s1. The number of halogens is 1. The lowest BCUT2D eigenvalue weighted by atomic mass is 9.95. The highest BCUT2D eigenvalue weighted by molar-refractivity contribution is 5.80. The molecule has 1 aliphatic heterocycles. The highest BCUT2D eigenvalue weighted by Crippen LogP contribution is 2.31. The Morgan fingerprint density at radius 1 is 1.14 bits per heavy atom. The van der Waals surface area contributed by atoms with Crippen molar-refractivity contribution in [3.05, 3.63) is 81.7 Å². The van der Waals surface area contributed by atoms with Gasteiger partial charge in [0.15, 0.2) is 5.82 Å². The number of nitrogens with one attached hydrogen (secondary N) is 1. The molecule has 0 radical (unpaired) electrons. The molecule has 182 valence electrons. The summed E-state index contributed by atoms with van der Waals surface area (Å²) in [7, 11) is 0. The molecule has 9 heteroatoms. The van der Waals surface area contributed by atoms with Gasteiger partial charge in [0.05, 0.1) is 13.2 Å². The van der Waals surface area contributed by atoms with Crippen molar-refractivity contribution in [2.45, 2.75) is 39.3 Å². The fourth-order valence-electron chi connectivity index (χ4n) is 4.73. The van der Waals surface area contributed by atoms with Crippen molar-refractivity contribution < 1.29 is 9.13 Å². The molecule has 1 N–H and O–H groups in total. The number of ether oxygens (including phenoxy) is 1. The van der Waals surface area contributed by atoms with Gasteiger partial charge >= 0.3 is 0 Å². The summed E-state index contributed by atoms with van der Waals surface area (Å²) in [6.07, 6.45) is 2.08. The number of nitrogens with zero attached hydrogens (tertiary/aromatic N) is 5. The van der Waals surface area contributed by atoms with Crippen molar-refractivity contribution >= 4 is 10.9 Å². The number of pyridine rings is 1. The summed E-state index contributed by atoms with van der Waals surface area (Å²) >= 11 is 0. The molecular weight excluding hydrogens is 447 g/mol. The summed E-state index contributed by atoms with van der Waals surface area (Å²) in [5.41, 5.74) is 2.05. The lowest BCUT2D eigenvalue weighted by Crippen LogP contribution is -2.40. The van der Waals surface area contributed by atoms with Crippen LogP contribution >= 0.6 is 0 Å². The third-order valence-corrected chi connectivity index (χ3v) is 6.68. The number of aromatic nitrogens is 5. The van der Waals surface area contributed by atoms with Crippen LogP contribution in [-0.4, -0.2) is 49.8 Å². The van der Waals surface area contributed by atoms with E-state index in [9.17, 15) is 9.18 Å². The first-order chi connectivity index (χ1) is 17.0. The molecule has 1 fully saturated rings. The summed E-state index contributed by atoms with van der Waals surface area (Å²) in [6.45, 7) is 6.81. The van der Waals surface area contributed by atoms with Gasteiger partial charge in [-0.15, -0.1) is 5.10 Å². The van der Waals surface area contributed by atoms with Crippen LogP contribution in [0, 0.1) is 11.7 Å². The molecule has 0 spiro atoms. The number of hydrogen-bond acceptors (Lipinski definition) is 6. The Labute approximate surface area is 202 Å². The van der Waals surface area contributed by atoms with E-state index in [-0.39, 0.29) is 11.4 Å². The molecule has 3 heterocycles. The van der Waals surface area contributed by atoms with Crippen LogP contribution in [0.25, 0.3) is 10.9 Å². The average molecular weight is 477 g/mol. The van der Waals surface area contributed by atoms with E-state index < -0.39 is 6.04 Å². The first-order valence-electron chi connectivity index (χ1n) is 12.1. The first-order valence-corrected chi connectivity index (χ1v) is 12.1. The molecule has 2 aromatic carbocycles. The zero-order valence-corrected chi connectivity index (χ0v) is 19.9. The highest BCUT2D eigenvalue weighted by atomic mass is 19.1. The van der Waals surface area contributed by atoms with Crippen LogP contribution in [0.5, 0.6) is 5.75 Å². The van der Waals surface area contributed by atoms with Gasteiger partial charge in [-0.2, -0.15) is 0 Å². The smallest absolute Gasteiger partial charge is 0.253 e. The summed E-state index contributed by atoms with van der Waals surface area (Å²) in [5, 5.41) is 13.4. The molecule has 0 amide bonds. The Morgan fingerprint density at radius 3 is 2.66 bits per heavy atom. The number of hydrogen-bond donors (Lipinski definition) is 1. The minimum atomic E-state index is -0.415. The molecule has 2 aromatic heterocycles. The van der Waals surface area contributed by atoms with E-state index in [1.165, 1.54) is 12.1 Å². The maximum atomic E-state index is 13.4. The minimum absolute atomic E-state index is 0.165.